The lowest BCUT2D eigenvalue weighted by Crippen LogP contribution is -2.29. The van der Waals surface area contributed by atoms with Crippen molar-refractivity contribution in [2.45, 2.75) is 11.3 Å². The molecule has 6 nitrogen and oxygen atoms in total. The van der Waals surface area contributed by atoms with Crippen molar-refractivity contribution < 1.29 is 17.6 Å². The maximum atomic E-state index is 13.3. The second kappa shape index (κ2) is 8.42. The van der Waals surface area contributed by atoms with Gasteiger partial charge in [0.1, 0.15) is 5.82 Å². The molecule has 1 aromatic heterocycles. The highest BCUT2D eigenvalue weighted by Crippen LogP contribution is 2.33. The summed E-state index contributed by atoms with van der Waals surface area (Å²) in [6.07, 6.45) is 0.649. The molecule has 1 aliphatic heterocycles. The molecule has 166 valence electrons. The standard InChI is InChI=1S/C24H18FN3O3S2/c25-19-10-8-16(9-11-19)21-15-32-24(26-21)27-23(29)18-5-3-6-20(14-18)33(30,31)28-13-12-17-4-1-2-7-22(17)28/h1-11,14-15H,12-13H2,(H,26,27,29). The number of nitrogens with one attached hydrogen (secondary N) is 1. The normalized spacial score (nSPS) is 13.1. The van der Waals surface area contributed by atoms with E-state index >= 15 is 0 Å². The molecule has 0 spiro atoms. The Balaban J connectivity index is 1.36. The van der Waals surface area contributed by atoms with Gasteiger partial charge < -0.3 is 0 Å². The molecule has 5 rings (SSSR count). The zero-order valence-corrected chi connectivity index (χ0v) is 18.9. The highest BCUT2D eigenvalue weighted by Gasteiger charge is 2.31. The Hall–Kier alpha value is -3.56. The molecule has 1 aliphatic rings. The van der Waals surface area contributed by atoms with Gasteiger partial charge in [-0.15, -0.1) is 11.3 Å². The van der Waals surface area contributed by atoms with Crippen LogP contribution in [0.3, 0.4) is 0 Å². The number of nitrogens with zero attached hydrogens (tertiary/aromatic N) is 2. The molecule has 0 aliphatic carbocycles. The van der Waals surface area contributed by atoms with E-state index in [1.54, 1.807) is 35.7 Å². The largest absolute Gasteiger partial charge is 0.298 e. The van der Waals surface area contributed by atoms with Crippen LogP contribution in [0.5, 0.6) is 0 Å². The van der Waals surface area contributed by atoms with Crippen molar-refractivity contribution in [2.24, 2.45) is 0 Å². The maximum Gasteiger partial charge on any atom is 0.264 e. The topological polar surface area (TPSA) is 79.4 Å². The van der Waals surface area contributed by atoms with Crippen molar-refractivity contribution in [1.82, 2.24) is 4.98 Å². The number of sulfonamides is 1. The van der Waals surface area contributed by atoms with Crippen molar-refractivity contribution in [3.8, 4) is 11.3 Å². The average Bonchev–Trinajstić information content (AvgIpc) is 3.47. The van der Waals surface area contributed by atoms with Crippen LogP contribution in [-0.4, -0.2) is 25.9 Å². The van der Waals surface area contributed by atoms with E-state index in [2.05, 4.69) is 10.3 Å². The van der Waals surface area contributed by atoms with Crippen LogP contribution in [0.25, 0.3) is 11.3 Å². The van der Waals surface area contributed by atoms with Gasteiger partial charge in [0.2, 0.25) is 0 Å². The number of benzene rings is 3. The number of hydrogen-bond donors (Lipinski definition) is 1. The van der Waals surface area contributed by atoms with E-state index in [1.165, 1.54) is 39.9 Å². The van der Waals surface area contributed by atoms with Gasteiger partial charge >= 0.3 is 0 Å². The lowest BCUT2D eigenvalue weighted by molar-refractivity contribution is 0.102. The van der Waals surface area contributed by atoms with Gasteiger partial charge in [-0.05, 0) is 60.5 Å². The molecule has 1 N–H and O–H groups in total. The fraction of sp³-hybridized carbons (Fsp3) is 0.0833. The molecule has 1 amide bonds. The number of rotatable bonds is 5. The molecular weight excluding hydrogens is 461 g/mol. The first-order chi connectivity index (χ1) is 15.9. The Kier molecular flexibility index (Phi) is 5.43. The van der Waals surface area contributed by atoms with E-state index in [9.17, 15) is 17.6 Å². The lowest BCUT2D eigenvalue weighted by atomic mass is 10.2. The van der Waals surface area contributed by atoms with Crippen LogP contribution in [0, 0.1) is 5.82 Å². The molecule has 9 heteroatoms. The molecule has 0 saturated heterocycles. The van der Waals surface area contributed by atoms with Crippen LogP contribution in [0.1, 0.15) is 15.9 Å². The Labute approximate surface area is 194 Å². The van der Waals surface area contributed by atoms with Gasteiger partial charge in [0.25, 0.3) is 15.9 Å². The van der Waals surface area contributed by atoms with Gasteiger partial charge in [-0.25, -0.2) is 17.8 Å². The molecule has 3 aromatic carbocycles. The second-order valence-electron chi connectivity index (χ2n) is 7.48. The molecule has 0 unspecified atom stereocenters. The van der Waals surface area contributed by atoms with Crippen LogP contribution in [0.15, 0.2) is 83.1 Å². The van der Waals surface area contributed by atoms with Gasteiger partial charge in [0.15, 0.2) is 5.13 Å². The fourth-order valence-corrected chi connectivity index (χ4v) is 6.00. The van der Waals surface area contributed by atoms with Crippen molar-refractivity contribution in [3.05, 3.63) is 95.1 Å². The summed E-state index contributed by atoms with van der Waals surface area (Å²) in [7, 11) is -3.81. The number of halogens is 1. The number of anilines is 2. The average molecular weight is 480 g/mol. The predicted molar refractivity (Wildman–Crippen MR) is 127 cm³/mol. The molecule has 33 heavy (non-hydrogen) atoms. The van der Waals surface area contributed by atoms with Gasteiger partial charge in [-0.3, -0.25) is 14.4 Å². The number of carbonyl (C=O) groups is 1. The van der Waals surface area contributed by atoms with E-state index in [1.807, 2.05) is 18.2 Å². The van der Waals surface area contributed by atoms with Crippen LogP contribution in [0.2, 0.25) is 0 Å². The van der Waals surface area contributed by atoms with Gasteiger partial charge in [0, 0.05) is 23.1 Å². The minimum atomic E-state index is -3.81. The predicted octanol–water partition coefficient (Wildman–Crippen LogP) is 4.95. The van der Waals surface area contributed by atoms with Crippen LogP contribution in [-0.2, 0) is 16.4 Å². The molecule has 4 aromatic rings. The number of thiazole rings is 1. The van der Waals surface area contributed by atoms with Crippen molar-refractivity contribution in [1.29, 1.82) is 0 Å². The Morgan fingerprint density at radius 1 is 1.03 bits per heavy atom. The third-order valence-electron chi connectivity index (χ3n) is 5.39. The van der Waals surface area contributed by atoms with E-state index in [0.29, 0.717) is 29.5 Å². The second-order valence-corrected chi connectivity index (χ2v) is 10.2. The maximum absolute atomic E-state index is 13.3. The molecule has 0 bridgehead atoms. The summed E-state index contributed by atoms with van der Waals surface area (Å²) >= 11 is 1.23. The first kappa shape index (κ1) is 21.3. The van der Waals surface area contributed by atoms with E-state index < -0.39 is 15.9 Å². The minimum Gasteiger partial charge on any atom is -0.298 e. The van der Waals surface area contributed by atoms with Gasteiger partial charge in [-0.2, -0.15) is 0 Å². The number of fused-ring (bicyclic) bond motifs is 1. The molecular formula is C24H18FN3O3S2. The van der Waals surface area contributed by atoms with E-state index in [-0.39, 0.29) is 16.3 Å². The minimum absolute atomic E-state index is 0.0537. The smallest absolute Gasteiger partial charge is 0.264 e. The SMILES string of the molecule is O=C(Nc1nc(-c2ccc(F)cc2)cs1)c1cccc(S(=O)(=O)N2CCc3ccccc32)c1. The molecule has 0 radical (unpaired) electrons. The lowest BCUT2D eigenvalue weighted by Gasteiger charge is -2.19. The highest BCUT2D eigenvalue weighted by atomic mass is 32.2. The van der Waals surface area contributed by atoms with E-state index in [4.69, 9.17) is 0 Å². The third kappa shape index (κ3) is 4.12. The summed E-state index contributed by atoms with van der Waals surface area (Å²) in [6, 6.07) is 19.3. The Morgan fingerprint density at radius 2 is 1.82 bits per heavy atom. The highest BCUT2D eigenvalue weighted by molar-refractivity contribution is 7.92. The van der Waals surface area contributed by atoms with Crippen LogP contribution >= 0.6 is 11.3 Å². The fourth-order valence-electron chi connectivity index (χ4n) is 3.74. The summed E-state index contributed by atoms with van der Waals surface area (Å²) in [5, 5.41) is 4.83. The number of hydrogen-bond acceptors (Lipinski definition) is 5. The zero-order valence-electron chi connectivity index (χ0n) is 17.2. The van der Waals surface area contributed by atoms with E-state index in [0.717, 1.165) is 11.1 Å². The molecule has 0 saturated carbocycles. The summed E-state index contributed by atoms with van der Waals surface area (Å²) < 4.78 is 41.1. The molecule has 0 atom stereocenters. The number of aromatic nitrogens is 1. The van der Waals surface area contributed by atoms with Crippen molar-refractivity contribution in [2.75, 3.05) is 16.2 Å². The van der Waals surface area contributed by atoms with Crippen LogP contribution < -0.4 is 9.62 Å². The quantitative estimate of drug-likeness (QED) is 0.439. The van der Waals surface area contributed by atoms with Crippen molar-refractivity contribution >= 4 is 38.1 Å². The number of carbonyl (C=O) groups excluding carboxylic acids is 1. The number of amides is 1. The third-order valence-corrected chi connectivity index (χ3v) is 7.96. The van der Waals surface area contributed by atoms with Crippen LogP contribution in [0.4, 0.5) is 15.2 Å². The van der Waals surface area contributed by atoms with Gasteiger partial charge in [-0.1, -0.05) is 24.3 Å². The summed E-state index contributed by atoms with van der Waals surface area (Å²) in [5.74, 6) is -0.802. The summed E-state index contributed by atoms with van der Waals surface area (Å²) in [5.41, 5.74) is 3.20. The monoisotopic (exact) mass is 479 g/mol. The van der Waals surface area contributed by atoms with Crippen molar-refractivity contribution in [3.63, 3.8) is 0 Å². The molecule has 2 heterocycles. The first-order valence-electron chi connectivity index (χ1n) is 10.2. The number of para-hydroxylation sites is 1. The van der Waals surface area contributed by atoms with Gasteiger partial charge in [0.05, 0.1) is 16.3 Å². The zero-order chi connectivity index (χ0) is 23.0. The Morgan fingerprint density at radius 3 is 2.64 bits per heavy atom. The first-order valence-corrected chi connectivity index (χ1v) is 12.5. The summed E-state index contributed by atoms with van der Waals surface area (Å²) in [6.45, 7) is 0.364. The summed E-state index contributed by atoms with van der Waals surface area (Å²) in [4.78, 5) is 17.2. The Bertz CT molecular complexity index is 1450. The molecule has 0 fully saturated rings.